The van der Waals surface area contributed by atoms with Crippen LogP contribution in [0.2, 0.25) is 0 Å². The highest BCUT2D eigenvalue weighted by molar-refractivity contribution is 5.96. The Morgan fingerprint density at radius 2 is 1.54 bits per heavy atom. The molecule has 0 saturated carbocycles. The van der Waals surface area contributed by atoms with Gasteiger partial charge in [0, 0.05) is 36.0 Å². The minimum Gasteiger partial charge on any atom is -0.376 e. The molecule has 0 aromatic carbocycles. The average molecular weight is 377 g/mol. The third-order valence-electron chi connectivity index (χ3n) is 5.07. The largest absolute Gasteiger partial charge is 0.376 e. The molecule has 5 heteroatoms. The predicted octanol–water partition coefficient (Wildman–Crippen LogP) is 3.47. The zero-order chi connectivity index (χ0) is 20.3. The van der Waals surface area contributed by atoms with E-state index < -0.39 is 11.5 Å². The Balaban J connectivity index is 2.10. The molecule has 1 aliphatic rings. The molecule has 146 valence electrons. The lowest BCUT2D eigenvalue weighted by molar-refractivity contribution is -0.131. The first-order valence-electron chi connectivity index (χ1n) is 9.63. The number of allylic oxidation sites excluding steroid dienone is 2. The van der Waals surface area contributed by atoms with Crippen molar-refractivity contribution in [1.29, 1.82) is 0 Å². The van der Waals surface area contributed by atoms with E-state index in [0.29, 0.717) is 17.0 Å². The number of aromatic nitrogens is 2. The van der Waals surface area contributed by atoms with Gasteiger partial charge in [0.25, 0.3) is 5.91 Å². The molecule has 3 rings (SSSR count). The van der Waals surface area contributed by atoms with Gasteiger partial charge in [-0.25, -0.2) is 0 Å². The van der Waals surface area contributed by atoms with Gasteiger partial charge < -0.3 is 10.0 Å². The summed E-state index contributed by atoms with van der Waals surface area (Å²) in [6, 6.07) is 10.9. The van der Waals surface area contributed by atoms with Gasteiger partial charge >= 0.3 is 0 Å². The van der Waals surface area contributed by atoms with Gasteiger partial charge in [-0.1, -0.05) is 30.4 Å². The van der Waals surface area contributed by atoms with Gasteiger partial charge in [0.05, 0.1) is 11.4 Å². The Hall–Kier alpha value is -2.79. The van der Waals surface area contributed by atoms with E-state index in [1.165, 1.54) is 0 Å². The topological polar surface area (TPSA) is 66.3 Å². The van der Waals surface area contributed by atoms with Crippen molar-refractivity contribution < 1.29 is 9.90 Å². The average Bonchev–Trinajstić information content (AvgIpc) is 3.18. The molecule has 5 nitrogen and oxygen atoms in total. The van der Waals surface area contributed by atoms with Gasteiger partial charge in [0.1, 0.15) is 0 Å². The van der Waals surface area contributed by atoms with Crippen LogP contribution < -0.4 is 0 Å². The summed E-state index contributed by atoms with van der Waals surface area (Å²) in [7, 11) is 0. The van der Waals surface area contributed by atoms with Crippen molar-refractivity contribution in [2.75, 3.05) is 0 Å². The zero-order valence-electron chi connectivity index (χ0n) is 16.8. The van der Waals surface area contributed by atoms with Crippen LogP contribution in [0.5, 0.6) is 0 Å². The number of nitrogens with zero attached hydrogens (tertiary/aromatic N) is 3. The summed E-state index contributed by atoms with van der Waals surface area (Å²) in [6.07, 6.45) is 8.76. The Morgan fingerprint density at radius 3 is 1.96 bits per heavy atom. The minimum atomic E-state index is -1.54. The number of aliphatic hydroxyl groups is 1. The van der Waals surface area contributed by atoms with Crippen LogP contribution in [0.25, 0.3) is 0 Å². The number of amides is 1. The lowest BCUT2D eigenvalue weighted by Gasteiger charge is -2.37. The molecule has 2 aromatic heterocycles. The summed E-state index contributed by atoms with van der Waals surface area (Å²) in [4.78, 5) is 24.1. The molecule has 1 aliphatic carbocycles. The number of hydrogen-bond acceptors (Lipinski definition) is 4. The van der Waals surface area contributed by atoms with Gasteiger partial charge in [-0.15, -0.1) is 0 Å². The number of rotatable bonds is 6. The molecule has 0 spiro atoms. The normalized spacial score (nSPS) is 16.5. The molecule has 28 heavy (non-hydrogen) atoms. The lowest BCUT2D eigenvalue weighted by atomic mass is 9.77. The van der Waals surface area contributed by atoms with Crippen LogP contribution in [0.15, 0.2) is 72.6 Å². The number of carbonyl (C=O) groups excluding carboxylic acids is 1. The van der Waals surface area contributed by atoms with E-state index in [4.69, 9.17) is 0 Å². The summed E-state index contributed by atoms with van der Waals surface area (Å²) in [6.45, 7) is 8.00. The van der Waals surface area contributed by atoms with Gasteiger partial charge in [-0.2, -0.15) is 0 Å². The second-order valence-corrected chi connectivity index (χ2v) is 7.58. The van der Waals surface area contributed by atoms with E-state index in [1.807, 2.05) is 56.9 Å². The Bertz CT molecular complexity index is 826. The first-order chi connectivity index (χ1) is 13.4. The zero-order valence-corrected chi connectivity index (χ0v) is 16.8. The summed E-state index contributed by atoms with van der Waals surface area (Å²) in [5.74, 6) is -0.657. The Morgan fingerprint density at radius 1 is 1.00 bits per heavy atom. The molecule has 1 atom stereocenters. The third-order valence-corrected chi connectivity index (χ3v) is 5.07. The van der Waals surface area contributed by atoms with Crippen LogP contribution in [0.3, 0.4) is 0 Å². The fraction of sp³-hybridized carbons (Fsp3) is 0.348. The van der Waals surface area contributed by atoms with Crippen LogP contribution >= 0.6 is 0 Å². The van der Waals surface area contributed by atoms with E-state index in [-0.39, 0.29) is 18.0 Å². The fourth-order valence-corrected chi connectivity index (χ4v) is 3.89. The molecule has 0 bridgehead atoms. The third kappa shape index (κ3) is 3.50. The SMILES string of the molecule is CC(C)N(C(=O)C1=CC=CC1C(O)(c1ccccn1)c1ccccn1)C(C)C. The molecule has 0 aliphatic heterocycles. The van der Waals surface area contributed by atoms with Crippen molar-refractivity contribution in [3.8, 4) is 0 Å². The quantitative estimate of drug-likeness (QED) is 0.837. The fourth-order valence-electron chi connectivity index (χ4n) is 3.89. The maximum Gasteiger partial charge on any atom is 0.250 e. The van der Waals surface area contributed by atoms with E-state index in [1.54, 1.807) is 42.7 Å². The smallest absolute Gasteiger partial charge is 0.250 e. The molecule has 1 amide bonds. The summed E-state index contributed by atoms with van der Waals surface area (Å²) >= 11 is 0. The molecule has 0 radical (unpaired) electrons. The monoisotopic (exact) mass is 377 g/mol. The van der Waals surface area contributed by atoms with Gasteiger partial charge in [0.15, 0.2) is 5.60 Å². The maximum absolute atomic E-state index is 13.4. The van der Waals surface area contributed by atoms with Crippen LogP contribution in [0.4, 0.5) is 0 Å². The highest BCUT2D eigenvalue weighted by Gasteiger charge is 2.46. The van der Waals surface area contributed by atoms with Crippen molar-refractivity contribution in [2.24, 2.45) is 5.92 Å². The van der Waals surface area contributed by atoms with E-state index >= 15 is 0 Å². The van der Waals surface area contributed by atoms with Crippen LogP contribution in [-0.4, -0.2) is 38.0 Å². The standard InChI is InChI=1S/C23H27N3O2/c1-16(2)26(17(3)4)22(27)18-10-9-11-19(18)23(28,20-12-5-7-14-24-20)21-13-6-8-15-25-21/h5-17,19,28H,1-4H3. The molecule has 0 saturated heterocycles. The van der Waals surface area contributed by atoms with Crippen molar-refractivity contribution >= 4 is 5.91 Å². The second-order valence-electron chi connectivity index (χ2n) is 7.58. The first kappa shape index (κ1) is 20.0. The number of pyridine rings is 2. The van der Waals surface area contributed by atoms with Gasteiger partial charge in [-0.05, 0) is 52.0 Å². The first-order valence-corrected chi connectivity index (χ1v) is 9.63. The van der Waals surface area contributed by atoms with Gasteiger partial charge in [0.2, 0.25) is 0 Å². The molecule has 2 heterocycles. The maximum atomic E-state index is 13.4. The van der Waals surface area contributed by atoms with Crippen LogP contribution in [-0.2, 0) is 10.4 Å². The second kappa shape index (κ2) is 8.07. The van der Waals surface area contributed by atoms with Crippen LogP contribution in [0.1, 0.15) is 39.1 Å². The van der Waals surface area contributed by atoms with Crippen molar-refractivity contribution in [3.05, 3.63) is 84.0 Å². The highest BCUT2D eigenvalue weighted by Crippen LogP contribution is 2.42. The van der Waals surface area contributed by atoms with Crippen molar-refractivity contribution in [2.45, 2.75) is 45.4 Å². The number of hydrogen-bond donors (Lipinski definition) is 1. The Labute approximate surface area is 166 Å². The summed E-state index contributed by atoms with van der Waals surface area (Å²) in [5, 5.41) is 11.9. The van der Waals surface area contributed by atoms with Crippen molar-refractivity contribution in [1.82, 2.24) is 14.9 Å². The predicted molar refractivity (Wildman–Crippen MR) is 109 cm³/mol. The summed E-state index contributed by atoms with van der Waals surface area (Å²) < 4.78 is 0. The highest BCUT2D eigenvalue weighted by atomic mass is 16.3. The minimum absolute atomic E-state index is 0.0486. The van der Waals surface area contributed by atoms with E-state index in [2.05, 4.69) is 9.97 Å². The Kier molecular flexibility index (Phi) is 5.75. The lowest BCUT2D eigenvalue weighted by Crippen LogP contribution is -2.46. The molecule has 1 N–H and O–H groups in total. The van der Waals surface area contributed by atoms with Crippen LogP contribution in [0, 0.1) is 5.92 Å². The van der Waals surface area contributed by atoms with E-state index in [9.17, 15) is 9.90 Å². The summed E-state index contributed by atoms with van der Waals surface area (Å²) in [5.41, 5.74) is -0.0770. The molecular weight excluding hydrogens is 350 g/mol. The molecule has 1 unspecified atom stereocenters. The molecule has 0 fully saturated rings. The van der Waals surface area contributed by atoms with Crippen molar-refractivity contribution in [3.63, 3.8) is 0 Å². The van der Waals surface area contributed by atoms with E-state index in [0.717, 1.165) is 0 Å². The van der Waals surface area contributed by atoms with Gasteiger partial charge in [-0.3, -0.25) is 14.8 Å². The molecular formula is C23H27N3O2. The number of carbonyl (C=O) groups is 1. The molecule has 2 aromatic rings.